The van der Waals surface area contributed by atoms with Gasteiger partial charge in [-0.25, -0.2) is 9.97 Å². The lowest BCUT2D eigenvalue weighted by molar-refractivity contribution is -0.274. The number of fused-ring (bicyclic) bond motifs is 4. The number of alkyl halides is 3. The fraction of sp³-hybridized carbons (Fsp3) is 0.304. The normalized spacial score (nSPS) is 13.6. The molecule has 6 aromatic rings. The molecular weight excluding hydrogens is 945 g/mol. The Kier molecular flexibility index (Phi) is 16.5. The molecule has 22 heteroatoms. The van der Waals surface area contributed by atoms with Crippen molar-refractivity contribution in [3.63, 3.8) is 0 Å². The van der Waals surface area contributed by atoms with Gasteiger partial charge in [-0.2, -0.15) is 0 Å². The van der Waals surface area contributed by atoms with Crippen LogP contribution in [-0.2, 0) is 19.1 Å². The molecule has 0 spiro atoms. The zero-order valence-electron chi connectivity index (χ0n) is 37.0. The van der Waals surface area contributed by atoms with Gasteiger partial charge in [0, 0.05) is 45.2 Å². The van der Waals surface area contributed by atoms with Gasteiger partial charge in [-0.05, 0) is 62.7 Å². The van der Waals surface area contributed by atoms with Crippen LogP contribution in [0.1, 0.15) is 61.7 Å². The largest absolute Gasteiger partial charge is 0.573 e. The highest BCUT2D eigenvalue weighted by Crippen LogP contribution is 2.39. The van der Waals surface area contributed by atoms with Crippen molar-refractivity contribution < 1.29 is 41.8 Å². The number of hydrogen-bond acceptors (Lipinski definition) is 14. The molecule has 4 heterocycles. The van der Waals surface area contributed by atoms with Gasteiger partial charge in [0.05, 0.1) is 67.6 Å². The van der Waals surface area contributed by atoms with Crippen LogP contribution in [0.5, 0.6) is 5.75 Å². The quantitative estimate of drug-likeness (QED) is 0.0353. The van der Waals surface area contributed by atoms with Gasteiger partial charge in [0.2, 0.25) is 11.8 Å². The molecule has 0 fully saturated rings. The number of nitrogens with two attached hydrogens (primary N) is 1. The van der Waals surface area contributed by atoms with Crippen LogP contribution in [0.15, 0.2) is 88.6 Å². The Morgan fingerprint density at radius 3 is 2.31 bits per heavy atom. The van der Waals surface area contributed by atoms with E-state index in [-0.39, 0.29) is 81.3 Å². The first-order valence-corrected chi connectivity index (χ1v) is 23.4. The van der Waals surface area contributed by atoms with Crippen LogP contribution in [-0.4, -0.2) is 106 Å². The van der Waals surface area contributed by atoms with Crippen molar-refractivity contribution in [1.82, 2.24) is 40.7 Å². The van der Waals surface area contributed by atoms with Crippen LogP contribution >= 0.6 is 34.7 Å². The first-order chi connectivity index (χ1) is 32.6. The number of aryl methyl sites for hydroxylation is 2. The first-order valence-electron chi connectivity index (χ1n) is 21.2. The molecule has 0 radical (unpaired) electrons. The average molecular weight is 992 g/mol. The minimum Gasteiger partial charge on any atom is -0.405 e. The number of nitrogens with one attached hydrogen (secondary N) is 3. The van der Waals surface area contributed by atoms with Crippen LogP contribution in [0.3, 0.4) is 0 Å². The summed E-state index contributed by atoms with van der Waals surface area (Å²) in [5, 5.41) is 19.5. The maximum Gasteiger partial charge on any atom is 0.573 e. The molecule has 1 aliphatic heterocycles. The Morgan fingerprint density at radius 1 is 0.882 bits per heavy atom. The predicted octanol–water partition coefficient (Wildman–Crippen LogP) is 6.82. The number of benzene rings is 3. The van der Waals surface area contributed by atoms with Crippen molar-refractivity contribution in [2.24, 2.45) is 10.7 Å². The van der Waals surface area contributed by atoms with Gasteiger partial charge in [-0.15, -0.1) is 34.7 Å². The summed E-state index contributed by atoms with van der Waals surface area (Å²) in [5.41, 5.74) is 10.8. The molecule has 0 unspecified atom stereocenters. The number of aromatic nitrogens is 5. The van der Waals surface area contributed by atoms with E-state index in [1.165, 1.54) is 24.3 Å². The van der Waals surface area contributed by atoms with Crippen LogP contribution in [0.4, 0.5) is 13.2 Å². The summed E-state index contributed by atoms with van der Waals surface area (Å²) in [7, 11) is 0. The molecule has 16 nitrogen and oxygen atoms in total. The lowest BCUT2D eigenvalue weighted by Gasteiger charge is -2.13. The molecule has 3 amide bonds. The third kappa shape index (κ3) is 12.8. The number of thioether (sulfide) groups is 1. The third-order valence-electron chi connectivity index (χ3n) is 10.3. The second kappa shape index (κ2) is 22.6. The number of halogens is 4. The van der Waals surface area contributed by atoms with Gasteiger partial charge in [0.25, 0.3) is 5.91 Å². The highest BCUT2D eigenvalue weighted by Gasteiger charge is 2.34. The van der Waals surface area contributed by atoms with Gasteiger partial charge >= 0.3 is 6.36 Å². The molecule has 3 aromatic carbocycles. The Labute approximate surface area is 401 Å². The van der Waals surface area contributed by atoms with Crippen LogP contribution in [0, 0.1) is 20.8 Å². The van der Waals surface area contributed by atoms with Gasteiger partial charge < -0.3 is 35.9 Å². The molecular formula is C46H46ClF3N10O6S2. The van der Waals surface area contributed by atoms with Gasteiger partial charge in [0.1, 0.15) is 22.6 Å². The minimum atomic E-state index is -4.97. The summed E-state index contributed by atoms with van der Waals surface area (Å²) < 4.78 is 55.8. The molecule has 68 heavy (non-hydrogen) atoms. The molecule has 0 bridgehead atoms. The zero-order valence-corrected chi connectivity index (χ0v) is 39.4. The number of nitrogens with zero attached hydrogens (tertiary/aromatic N) is 6. The number of amides is 3. The molecule has 3 aromatic heterocycles. The van der Waals surface area contributed by atoms with Crippen LogP contribution < -0.4 is 26.4 Å². The van der Waals surface area contributed by atoms with E-state index in [1.807, 2.05) is 35.8 Å². The average Bonchev–Trinajstić information content (AvgIpc) is 3.79. The maximum absolute atomic E-state index is 13.2. The second-order valence-electron chi connectivity index (χ2n) is 15.2. The van der Waals surface area contributed by atoms with Gasteiger partial charge in [-0.3, -0.25) is 23.9 Å². The van der Waals surface area contributed by atoms with E-state index in [9.17, 15) is 27.6 Å². The number of para-hydroxylation sites is 2. The molecule has 356 valence electrons. The van der Waals surface area contributed by atoms with Crippen molar-refractivity contribution in [3.05, 3.63) is 128 Å². The molecule has 1 atom stereocenters. The number of ether oxygens (including phenoxy) is 3. The fourth-order valence-electron chi connectivity index (χ4n) is 7.03. The number of thiophene rings is 1. The van der Waals surface area contributed by atoms with E-state index in [0.29, 0.717) is 38.4 Å². The number of rotatable bonds is 20. The standard InChI is InChI=1S/C46H46ClF3N10O6S2/c1-26-27(2)68-44-40(26)41(29-12-14-30(47)15-13-29)55-36(42-59-58-28(3)60(42)44)23-38(61)52-16-18-64-20-21-65-19-17-53-39(62)25-67-45-56-34-10-6-4-8-32(34)35(57-45)22-31(51)24-54-43(63)33-9-5-7-11-37(33)66-46(48,49)50/h4-15,22,36H,16-21,23-25,51H2,1-3H3,(H,52,61)(H,53,62)(H,54,63)/t36-/m0/s1. The topological polar surface area (TPSA) is 210 Å². The Hall–Kier alpha value is -6.39. The number of carbonyl (C=O) groups is 3. The minimum absolute atomic E-state index is 0.00636. The van der Waals surface area contributed by atoms with E-state index in [2.05, 4.69) is 54.7 Å². The molecule has 0 saturated heterocycles. The smallest absolute Gasteiger partial charge is 0.405 e. The highest BCUT2D eigenvalue weighted by atomic mass is 35.5. The van der Waals surface area contributed by atoms with Crippen molar-refractivity contribution in [1.29, 1.82) is 0 Å². The highest BCUT2D eigenvalue weighted by molar-refractivity contribution is 7.99. The lowest BCUT2D eigenvalue weighted by atomic mass is 9.99. The Morgan fingerprint density at radius 2 is 1.57 bits per heavy atom. The number of hydrogen-bond donors (Lipinski definition) is 4. The van der Waals surface area contributed by atoms with Crippen molar-refractivity contribution in [2.45, 2.75) is 44.8 Å². The summed E-state index contributed by atoms with van der Waals surface area (Å²) in [6.07, 6.45) is -3.40. The summed E-state index contributed by atoms with van der Waals surface area (Å²) >= 11 is 8.97. The van der Waals surface area contributed by atoms with Crippen LogP contribution in [0.25, 0.3) is 22.0 Å². The van der Waals surface area contributed by atoms with E-state index in [0.717, 1.165) is 50.1 Å². The third-order valence-corrected chi connectivity index (χ3v) is 12.6. The second-order valence-corrected chi connectivity index (χ2v) is 17.8. The number of carbonyl (C=O) groups excluding carboxylic acids is 3. The number of aliphatic imine (C=N–C) groups is 1. The van der Waals surface area contributed by atoms with Gasteiger partial charge in [-0.1, -0.05) is 65.8 Å². The summed E-state index contributed by atoms with van der Waals surface area (Å²) in [6.45, 7) is 7.40. The van der Waals surface area contributed by atoms with E-state index in [1.54, 1.807) is 35.6 Å². The van der Waals surface area contributed by atoms with E-state index in [4.69, 9.17) is 31.8 Å². The molecule has 0 saturated carbocycles. The lowest BCUT2D eigenvalue weighted by Crippen LogP contribution is -2.30. The Bertz CT molecular complexity index is 2850. The monoisotopic (exact) mass is 990 g/mol. The van der Waals surface area contributed by atoms with E-state index >= 15 is 0 Å². The van der Waals surface area contributed by atoms with Crippen molar-refractivity contribution in [2.75, 3.05) is 51.8 Å². The summed E-state index contributed by atoms with van der Waals surface area (Å²) in [5.74, 6) is -0.641. The summed E-state index contributed by atoms with van der Waals surface area (Å²) in [6, 6.07) is 19.0. The zero-order chi connectivity index (χ0) is 48.4. The van der Waals surface area contributed by atoms with Gasteiger partial charge in [0.15, 0.2) is 11.0 Å². The van der Waals surface area contributed by atoms with E-state index < -0.39 is 24.1 Å². The fourth-order valence-corrected chi connectivity index (χ4v) is 9.06. The Balaban J connectivity index is 0.814. The molecule has 1 aliphatic rings. The van der Waals surface area contributed by atoms with Crippen LogP contribution in [0.2, 0.25) is 5.02 Å². The maximum atomic E-state index is 13.2. The molecule has 7 rings (SSSR count). The molecule has 0 aliphatic carbocycles. The predicted molar refractivity (Wildman–Crippen MR) is 253 cm³/mol. The summed E-state index contributed by atoms with van der Waals surface area (Å²) in [4.78, 5) is 54.0. The molecule has 5 N–H and O–H groups in total. The van der Waals surface area contributed by atoms with Crippen molar-refractivity contribution >= 4 is 75.1 Å². The first kappa shape index (κ1) is 49.5. The SMILES string of the molecule is Cc1sc2c(c1C)C(c1ccc(Cl)cc1)=N[C@@H](CC(=O)NCCOCCOCCNC(=O)CSc1nc(C=C(N)CNC(=O)c3ccccc3OC(F)(F)F)c3ccccc3n1)c1nnc(C)n1-2. The van der Waals surface area contributed by atoms with Crippen molar-refractivity contribution in [3.8, 4) is 10.8 Å².